The molecule has 3 rings (SSSR count). The van der Waals surface area contributed by atoms with Crippen molar-refractivity contribution in [2.75, 3.05) is 6.61 Å². The fourth-order valence-corrected chi connectivity index (χ4v) is 2.93. The number of carbonyl (C=O) groups excluding carboxylic acids is 1. The maximum absolute atomic E-state index is 12.6. The van der Waals surface area contributed by atoms with Crippen molar-refractivity contribution in [3.05, 3.63) is 41.4 Å². The van der Waals surface area contributed by atoms with Crippen molar-refractivity contribution in [3.8, 4) is 12.0 Å². The highest BCUT2D eigenvalue weighted by molar-refractivity contribution is 5.98. The summed E-state index contributed by atoms with van der Waals surface area (Å²) < 4.78 is 12.9. The highest BCUT2D eigenvalue weighted by Gasteiger charge is 2.28. The summed E-state index contributed by atoms with van der Waals surface area (Å²) in [5.41, 5.74) is 0.539. The molecular weight excluding hydrogens is 294 g/mol. The third-order valence-corrected chi connectivity index (χ3v) is 4.12. The van der Waals surface area contributed by atoms with Gasteiger partial charge in [-0.15, -0.1) is 0 Å². The van der Waals surface area contributed by atoms with Crippen molar-refractivity contribution >= 4 is 5.91 Å². The summed E-state index contributed by atoms with van der Waals surface area (Å²) in [7, 11) is 0. The Morgan fingerprint density at radius 2 is 2.22 bits per heavy atom. The third kappa shape index (κ3) is 2.88. The molecule has 2 aromatic heterocycles. The van der Waals surface area contributed by atoms with Gasteiger partial charge in [-0.2, -0.15) is 5.26 Å². The van der Waals surface area contributed by atoms with Crippen molar-refractivity contribution in [3.63, 3.8) is 0 Å². The van der Waals surface area contributed by atoms with E-state index in [9.17, 15) is 10.1 Å². The zero-order valence-electron chi connectivity index (χ0n) is 13.2. The molecule has 6 nitrogen and oxygen atoms in total. The lowest BCUT2D eigenvalue weighted by Crippen LogP contribution is -2.41. The lowest BCUT2D eigenvalue weighted by molar-refractivity contribution is 0.0711. The van der Waals surface area contributed by atoms with Crippen LogP contribution in [0.4, 0.5) is 0 Å². The Bertz CT molecular complexity index is 734. The summed E-state index contributed by atoms with van der Waals surface area (Å²) in [5, 5.41) is 12.4. The Labute approximate surface area is 134 Å². The first kappa shape index (κ1) is 15.4. The first-order chi connectivity index (χ1) is 11.1. The minimum Gasteiger partial charge on any atom is -0.443 e. The van der Waals surface area contributed by atoms with Gasteiger partial charge in [0.15, 0.2) is 0 Å². The van der Waals surface area contributed by atoms with Gasteiger partial charge >= 0.3 is 0 Å². The van der Waals surface area contributed by atoms with E-state index in [2.05, 4.69) is 11.4 Å². The summed E-state index contributed by atoms with van der Waals surface area (Å²) in [5.74, 6) is 0.497. The summed E-state index contributed by atoms with van der Waals surface area (Å²) in [6.07, 6.45) is 5.52. The minimum absolute atomic E-state index is 0.0283. The zero-order chi connectivity index (χ0) is 16.4. The normalized spacial score (nSPS) is 18.6. The Kier molecular flexibility index (Phi) is 4.22. The molecule has 0 saturated carbocycles. The van der Waals surface area contributed by atoms with Crippen molar-refractivity contribution in [2.45, 2.75) is 38.8 Å². The minimum atomic E-state index is -0.302. The number of nitrogens with one attached hydrogen (secondary N) is 1. The van der Waals surface area contributed by atoms with Gasteiger partial charge in [0, 0.05) is 19.0 Å². The molecule has 0 aliphatic carbocycles. The van der Waals surface area contributed by atoms with E-state index in [0.29, 0.717) is 17.2 Å². The first-order valence-electron chi connectivity index (χ1n) is 7.71. The van der Waals surface area contributed by atoms with Gasteiger partial charge in [0.2, 0.25) is 5.88 Å². The smallest absolute Gasteiger partial charge is 0.256 e. The maximum atomic E-state index is 12.6. The highest BCUT2D eigenvalue weighted by atomic mass is 16.5. The number of nitrogens with zero attached hydrogens (tertiary/aromatic N) is 2. The number of aromatic nitrogens is 1. The molecule has 6 heteroatoms. The van der Waals surface area contributed by atoms with Gasteiger partial charge in [-0.3, -0.25) is 9.36 Å². The van der Waals surface area contributed by atoms with Crippen molar-refractivity contribution in [1.29, 1.82) is 5.26 Å². The van der Waals surface area contributed by atoms with Gasteiger partial charge in [0.25, 0.3) is 5.91 Å². The van der Waals surface area contributed by atoms with Crippen LogP contribution in [-0.4, -0.2) is 29.2 Å². The molecule has 0 unspecified atom stereocenters. The van der Waals surface area contributed by atoms with Crippen LogP contribution in [0.1, 0.15) is 41.4 Å². The van der Waals surface area contributed by atoms with Crippen LogP contribution in [0.25, 0.3) is 5.88 Å². The van der Waals surface area contributed by atoms with Crippen LogP contribution < -0.4 is 5.32 Å². The van der Waals surface area contributed by atoms with Gasteiger partial charge in [0.1, 0.15) is 23.0 Å². The standard InChI is InChI=1S/C17H19N3O3/c1-11(14-6-5-9-22-14)19-16(21)15-12(2)23-17(13(15)10-18)20-7-3-4-8-20/h3-4,7-8,11,14H,5-6,9H2,1-2H3,(H,19,21)/t11-,14-/m0/s1. The third-order valence-electron chi connectivity index (χ3n) is 4.12. The second kappa shape index (κ2) is 6.31. The quantitative estimate of drug-likeness (QED) is 0.940. The van der Waals surface area contributed by atoms with E-state index in [0.717, 1.165) is 19.4 Å². The molecule has 1 N–H and O–H groups in total. The number of carbonyl (C=O) groups is 1. The predicted octanol–water partition coefficient (Wildman–Crippen LogP) is 2.55. The van der Waals surface area contributed by atoms with Gasteiger partial charge < -0.3 is 14.5 Å². The van der Waals surface area contributed by atoms with Crippen LogP contribution in [0.15, 0.2) is 28.9 Å². The lowest BCUT2D eigenvalue weighted by Gasteiger charge is -2.19. The molecule has 1 amide bonds. The number of nitriles is 1. The molecule has 1 saturated heterocycles. The molecule has 1 aliphatic rings. The Morgan fingerprint density at radius 1 is 1.48 bits per heavy atom. The van der Waals surface area contributed by atoms with Crippen LogP contribution in [0, 0.1) is 18.3 Å². The van der Waals surface area contributed by atoms with Gasteiger partial charge in [-0.25, -0.2) is 0 Å². The molecule has 0 radical (unpaired) electrons. The van der Waals surface area contributed by atoms with Crippen LogP contribution in [0.5, 0.6) is 0 Å². The number of hydrogen-bond donors (Lipinski definition) is 1. The summed E-state index contributed by atoms with van der Waals surface area (Å²) in [4.78, 5) is 12.6. The summed E-state index contributed by atoms with van der Waals surface area (Å²) in [6.45, 7) is 4.35. The van der Waals surface area contributed by atoms with E-state index in [1.165, 1.54) is 0 Å². The summed E-state index contributed by atoms with van der Waals surface area (Å²) >= 11 is 0. The molecule has 2 aromatic rings. The molecule has 0 aromatic carbocycles. The zero-order valence-corrected chi connectivity index (χ0v) is 13.2. The van der Waals surface area contributed by atoms with Gasteiger partial charge in [-0.1, -0.05) is 0 Å². The van der Waals surface area contributed by atoms with Crippen molar-refractivity contribution < 1.29 is 13.9 Å². The number of amides is 1. The number of hydrogen-bond acceptors (Lipinski definition) is 4. The van der Waals surface area contributed by atoms with Crippen LogP contribution >= 0.6 is 0 Å². The number of rotatable bonds is 4. The van der Waals surface area contributed by atoms with Crippen LogP contribution in [-0.2, 0) is 4.74 Å². The first-order valence-corrected chi connectivity index (χ1v) is 7.71. The molecule has 23 heavy (non-hydrogen) atoms. The molecule has 0 spiro atoms. The van der Waals surface area contributed by atoms with Crippen LogP contribution in [0.2, 0.25) is 0 Å². The average molecular weight is 313 g/mol. The Hall–Kier alpha value is -2.52. The summed E-state index contributed by atoms with van der Waals surface area (Å²) in [6, 6.07) is 5.64. The lowest BCUT2D eigenvalue weighted by atomic mass is 10.1. The number of furan rings is 1. The molecule has 2 atom stereocenters. The molecule has 3 heterocycles. The van der Waals surface area contributed by atoms with E-state index in [1.807, 2.05) is 19.1 Å². The van der Waals surface area contributed by atoms with E-state index in [1.54, 1.807) is 23.9 Å². The van der Waals surface area contributed by atoms with E-state index in [4.69, 9.17) is 9.15 Å². The largest absolute Gasteiger partial charge is 0.443 e. The van der Waals surface area contributed by atoms with Gasteiger partial charge in [-0.05, 0) is 38.8 Å². The van der Waals surface area contributed by atoms with Crippen molar-refractivity contribution in [2.24, 2.45) is 0 Å². The van der Waals surface area contributed by atoms with Crippen LogP contribution in [0.3, 0.4) is 0 Å². The number of ether oxygens (including phenoxy) is 1. The van der Waals surface area contributed by atoms with E-state index >= 15 is 0 Å². The molecule has 1 fully saturated rings. The molecule has 1 aliphatic heterocycles. The Morgan fingerprint density at radius 3 is 2.83 bits per heavy atom. The number of aryl methyl sites for hydroxylation is 1. The second-order valence-corrected chi connectivity index (χ2v) is 5.73. The maximum Gasteiger partial charge on any atom is 0.256 e. The fourth-order valence-electron chi connectivity index (χ4n) is 2.93. The highest BCUT2D eigenvalue weighted by Crippen LogP contribution is 2.26. The van der Waals surface area contributed by atoms with E-state index < -0.39 is 0 Å². The Balaban J connectivity index is 1.87. The molecule has 0 bridgehead atoms. The van der Waals surface area contributed by atoms with E-state index in [-0.39, 0.29) is 23.6 Å². The monoisotopic (exact) mass is 313 g/mol. The predicted molar refractivity (Wildman–Crippen MR) is 83.4 cm³/mol. The van der Waals surface area contributed by atoms with Crippen molar-refractivity contribution in [1.82, 2.24) is 9.88 Å². The second-order valence-electron chi connectivity index (χ2n) is 5.73. The SMILES string of the molecule is Cc1oc(-n2cccc2)c(C#N)c1C(=O)N[C@@H](C)[C@@H]1CCCO1. The topological polar surface area (TPSA) is 80.2 Å². The van der Waals surface area contributed by atoms with Gasteiger partial charge in [0.05, 0.1) is 12.1 Å². The molecular formula is C17H19N3O3. The molecule has 120 valence electrons. The fraction of sp³-hybridized carbons (Fsp3) is 0.412. The average Bonchev–Trinajstić information content (AvgIpc) is 3.27.